The van der Waals surface area contributed by atoms with Crippen LogP contribution in [-0.4, -0.2) is 42.0 Å². The highest BCUT2D eigenvalue weighted by molar-refractivity contribution is 5.76. The maximum atomic E-state index is 12.4. The molecule has 6 heteroatoms. The topological polar surface area (TPSA) is 72.6 Å². The van der Waals surface area contributed by atoms with Crippen molar-refractivity contribution in [2.45, 2.75) is 32.1 Å². The summed E-state index contributed by atoms with van der Waals surface area (Å²) in [6.07, 6.45) is 4.71. The van der Waals surface area contributed by atoms with E-state index in [9.17, 15) is 9.59 Å². The number of methoxy groups -OCH3 is 1. The second kappa shape index (κ2) is 8.65. The summed E-state index contributed by atoms with van der Waals surface area (Å²) in [5.74, 6) is 1.55. The van der Waals surface area contributed by atoms with E-state index in [0.29, 0.717) is 44.2 Å². The first-order valence-electron chi connectivity index (χ1n) is 9.00. The van der Waals surface area contributed by atoms with Crippen molar-refractivity contribution in [1.82, 2.24) is 9.88 Å². The molecule has 1 aromatic carbocycles. The number of piperidine rings is 1. The van der Waals surface area contributed by atoms with Crippen LogP contribution in [0.25, 0.3) is 11.3 Å². The van der Waals surface area contributed by atoms with Gasteiger partial charge in [0, 0.05) is 37.9 Å². The number of rotatable bonds is 6. The monoisotopic (exact) mass is 356 g/mol. The second-order valence-corrected chi connectivity index (χ2v) is 6.59. The number of aromatic nitrogens is 1. The molecule has 0 spiro atoms. The average molecular weight is 356 g/mol. The maximum Gasteiger partial charge on any atom is 0.305 e. The number of ether oxygens (including phenoxy) is 1. The molecule has 0 bridgehead atoms. The van der Waals surface area contributed by atoms with Crippen molar-refractivity contribution in [3.63, 3.8) is 0 Å². The molecule has 1 saturated heterocycles. The Morgan fingerprint density at radius 1 is 1.23 bits per heavy atom. The molecule has 1 amide bonds. The number of amides is 1. The minimum Gasteiger partial charge on any atom is -0.469 e. The number of esters is 1. The van der Waals surface area contributed by atoms with E-state index in [1.807, 2.05) is 35.2 Å². The zero-order chi connectivity index (χ0) is 18.4. The summed E-state index contributed by atoms with van der Waals surface area (Å²) < 4.78 is 10.5. The molecule has 1 aliphatic rings. The average Bonchev–Trinajstić information content (AvgIpc) is 3.16. The lowest BCUT2D eigenvalue weighted by atomic mass is 9.93. The van der Waals surface area contributed by atoms with Gasteiger partial charge in [0.15, 0.2) is 11.7 Å². The molecule has 138 valence electrons. The van der Waals surface area contributed by atoms with Gasteiger partial charge in [-0.2, -0.15) is 0 Å². The number of carbonyl (C=O) groups is 2. The molecule has 1 aliphatic heterocycles. The van der Waals surface area contributed by atoms with Gasteiger partial charge in [0.25, 0.3) is 0 Å². The SMILES string of the molecule is COC(=O)CC1CCN(C(=O)CCc2ncc(-c3ccccc3)o2)CC1. The van der Waals surface area contributed by atoms with Gasteiger partial charge in [0.2, 0.25) is 5.91 Å². The number of benzene rings is 1. The van der Waals surface area contributed by atoms with E-state index in [0.717, 1.165) is 24.2 Å². The predicted molar refractivity (Wildman–Crippen MR) is 96.2 cm³/mol. The van der Waals surface area contributed by atoms with Crippen LogP contribution in [0.2, 0.25) is 0 Å². The van der Waals surface area contributed by atoms with Gasteiger partial charge in [-0.05, 0) is 18.8 Å². The highest BCUT2D eigenvalue weighted by Gasteiger charge is 2.24. The smallest absolute Gasteiger partial charge is 0.305 e. The van der Waals surface area contributed by atoms with Crippen LogP contribution in [0.4, 0.5) is 0 Å². The quantitative estimate of drug-likeness (QED) is 0.744. The van der Waals surface area contributed by atoms with Crippen LogP contribution in [0.15, 0.2) is 40.9 Å². The van der Waals surface area contributed by atoms with Crippen molar-refractivity contribution in [3.8, 4) is 11.3 Å². The van der Waals surface area contributed by atoms with Crippen LogP contribution in [0.5, 0.6) is 0 Å². The summed E-state index contributed by atoms with van der Waals surface area (Å²) in [6, 6.07) is 9.78. The molecule has 0 saturated carbocycles. The van der Waals surface area contributed by atoms with E-state index in [4.69, 9.17) is 9.15 Å². The lowest BCUT2D eigenvalue weighted by molar-refractivity contribution is -0.142. The molecule has 0 atom stereocenters. The molecule has 0 radical (unpaired) electrons. The van der Waals surface area contributed by atoms with Crippen molar-refractivity contribution in [2.24, 2.45) is 5.92 Å². The first kappa shape index (κ1) is 18.2. The van der Waals surface area contributed by atoms with E-state index >= 15 is 0 Å². The fourth-order valence-corrected chi connectivity index (χ4v) is 3.24. The number of oxazole rings is 1. The standard InChI is InChI=1S/C20H24N2O4/c1-25-20(24)13-15-9-11-22(12-10-15)19(23)8-7-18-21-14-17(26-18)16-5-3-2-4-6-16/h2-6,14-15H,7-13H2,1H3. The summed E-state index contributed by atoms with van der Waals surface area (Å²) in [4.78, 5) is 29.9. The van der Waals surface area contributed by atoms with Crippen LogP contribution in [0, 0.1) is 5.92 Å². The van der Waals surface area contributed by atoms with Crippen molar-refractivity contribution >= 4 is 11.9 Å². The fraction of sp³-hybridized carbons (Fsp3) is 0.450. The molecule has 0 aliphatic carbocycles. The van der Waals surface area contributed by atoms with Crippen molar-refractivity contribution in [3.05, 3.63) is 42.4 Å². The number of hydrogen-bond donors (Lipinski definition) is 0. The van der Waals surface area contributed by atoms with Crippen molar-refractivity contribution in [1.29, 1.82) is 0 Å². The Morgan fingerprint density at radius 3 is 2.65 bits per heavy atom. The van der Waals surface area contributed by atoms with Crippen LogP contribution in [-0.2, 0) is 20.7 Å². The molecule has 0 unspecified atom stereocenters. The minimum atomic E-state index is -0.173. The summed E-state index contributed by atoms with van der Waals surface area (Å²) >= 11 is 0. The predicted octanol–water partition coefficient (Wildman–Crippen LogP) is 3.08. The number of likely N-dealkylation sites (tertiary alicyclic amines) is 1. The van der Waals surface area contributed by atoms with Gasteiger partial charge in [-0.25, -0.2) is 4.98 Å². The Kier molecular flexibility index (Phi) is 6.04. The van der Waals surface area contributed by atoms with Crippen LogP contribution < -0.4 is 0 Å². The molecular formula is C20H24N2O4. The first-order valence-corrected chi connectivity index (χ1v) is 9.00. The molecule has 1 fully saturated rings. The van der Waals surface area contributed by atoms with Gasteiger partial charge in [-0.1, -0.05) is 30.3 Å². The molecule has 26 heavy (non-hydrogen) atoms. The van der Waals surface area contributed by atoms with E-state index in [2.05, 4.69) is 4.98 Å². The molecule has 0 N–H and O–H groups in total. The molecule has 2 heterocycles. The van der Waals surface area contributed by atoms with Gasteiger partial charge in [-0.15, -0.1) is 0 Å². The minimum absolute atomic E-state index is 0.112. The Labute approximate surface area is 153 Å². The number of carbonyl (C=O) groups excluding carboxylic acids is 2. The lowest BCUT2D eigenvalue weighted by Crippen LogP contribution is -2.39. The molecule has 3 rings (SSSR count). The first-order chi connectivity index (χ1) is 12.7. The number of aryl methyl sites for hydroxylation is 1. The highest BCUT2D eigenvalue weighted by atomic mass is 16.5. The lowest BCUT2D eigenvalue weighted by Gasteiger charge is -2.31. The van der Waals surface area contributed by atoms with Gasteiger partial charge in [0.05, 0.1) is 13.3 Å². The summed E-state index contributed by atoms with van der Waals surface area (Å²) in [5, 5.41) is 0. The van der Waals surface area contributed by atoms with Gasteiger partial charge < -0.3 is 14.1 Å². The Morgan fingerprint density at radius 2 is 1.96 bits per heavy atom. The summed E-state index contributed by atoms with van der Waals surface area (Å²) in [5.41, 5.74) is 0.977. The van der Waals surface area contributed by atoms with Crippen LogP contribution >= 0.6 is 0 Å². The molecule has 6 nitrogen and oxygen atoms in total. The van der Waals surface area contributed by atoms with E-state index in [1.54, 1.807) is 6.20 Å². The molecular weight excluding hydrogens is 332 g/mol. The van der Waals surface area contributed by atoms with Crippen LogP contribution in [0.1, 0.15) is 31.6 Å². The third-order valence-corrected chi connectivity index (χ3v) is 4.81. The Balaban J connectivity index is 1.45. The zero-order valence-corrected chi connectivity index (χ0v) is 15.0. The van der Waals surface area contributed by atoms with Crippen molar-refractivity contribution in [2.75, 3.05) is 20.2 Å². The normalized spacial score (nSPS) is 15.0. The highest BCUT2D eigenvalue weighted by Crippen LogP contribution is 2.23. The Bertz CT molecular complexity index is 733. The van der Waals surface area contributed by atoms with E-state index < -0.39 is 0 Å². The molecule has 1 aromatic heterocycles. The zero-order valence-electron chi connectivity index (χ0n) is 15.0. The Hall–Kier alpha value is -2.63. The number of nitrogens with zero attached hydrogens (tertiary/aromatic N) is 2. The maximum absolute atomic E-state index is 12.4. The third-order valence-electron chi connectivity index (χ3n) is 4.81. The van der Waals surface area contributed by atoms with Gasteiger partial charge in [0.1, 0.15) is 0 Å². The fourth-order valence-electron chi connectivity index (χ4n) is 3.24. The largest absolute Gasteiger partial charge is 0.469 e. The third kappa shape index (κ3) is 4.71. The van der Waals surface area contributed by atoms with Gasteiger partial charge >= 0.3 is 5.97 Å². The molecule has 2 aromatic rings. The van der Waals surface area contributed by atoms with E-state index in [1.165, 1.54) is 7.11 Å². The second-order valence-electron chi connectivity index (χ2n) is 6.59. The van der Waals surface area contributed by atoms with Gasteiger partial charge in [-0.3, -0.25) is 9.59 Å². The van der Waals surface area contributed by atoms with E-state index in [-0.39, 0.29) is 11.9 Å². The summed E-state index contributed by atoms with van der Waals surface area (Å²) in [7, 11) is 1.41. The van der Waals surface area contributed by atoms with Crippen LogP contribution in [0.3, 0.4) is 0 Å². The number of hydrogen-bond acceptors (Lipinski definition) is 5. The summed E-state index contributed by atoms with van der Waals surface area (Å²) in [6.45, 7) is 1.39. The van der Waals surface area contributed by atoms with Crippen molar-refractivity contribution < 1.29 is 18.7 Å².